The Kier molecular flexibility index (Phi) is 7.03. The van der Waals surface area contributed by atoms with Gasteiger partial charge in [-0.1, -0.05) is 30.3 Å². The predicted molar refractivity (Wildman–Crippen MR) is 99.6 cm³/mol. The summed E-state index contributed by atoms with van der Waals surface area (Å²) in [5, 5.41) is 2.88. The second-order valence-corrected chi connectivity index (χ2v) is 7.62. The fraction of sp³-hybridized carbons (Fsp3) is 0.600. The molecule has 2 rings (SSSR count). The fourth-order valence-electron chi connectivity index (χ4n) is 3.14. The van der Waals surface area contributed by atoms with E-state index in [1.807, 2.05) is 39.0 Å². The first-order chi connectivity index (χ1) is 12.3. The number of carbonyl (C=O) groups excluding carboxylic acids is 2. The summed E-state index contributed by atoms with van der Waals surface area (Å²) in [6.07, 6.45) is 0.143. The van der Waals surface area contributed by atoms with Gasteiger partial charge >= 0.3 is 12.1 Å². The second-order valence-electron chi connectivity index (χ2n) is 7.62. The molecular formula is C20H30N2O4. The Bertz CT molecular complexity index is 598. The number of esters is 1. The molecule has 1 amide bonds. The predicted octanol–water partition coefficient (Wildman–Crippen LogP) is 2.96. The van der Waals surface area contributed by atoms with E-state index in [1.165, 1.54) is 5.56 Å². The highest BCUT2D eigenvalue weighted by Gasteiger charge is 2.36. The molecule has 1 N–H and O–H groups in total. The van der Waals surface area contributed by atoms with Crippen LogP contribution >= 0.6 is 0 Å². The molecule has 0 unspecified atom stereocenters. The Morgan fingerprint density at radius 3 is 2.54 bits per heavy atom. The highest BCUT2D eigenvalue weighted by atomic mass is 16.6. The van der Waals surface area contributed by atoms with E-state index in [-0.39, 0.29) is 17.9 Å². The minimum absolute atomic E-state index is 0.257. The maximum Gasteiger partial charge on any atom is 0.407 e. The number of hydrogen-bond donors (Lipinski definition) is 1. The van der Waals surface area contributed by atoms with E-state index in [2.05, 4.69) is 22.3 Å². The van der Waals surface area contributed by atoms with Crippen LogP contribution in [0, 0.1) is 5.92 Å². The van der Waals surface area contributed by atoms with Crippen LogP contribution in [0.25, 0.3) is 0 Å². The van der Waals surface area contributed by atoms with Gasteiger partial charge in [-0.25, -0.2) is 4.79 Å². The van der Waals surface area contributed by atoms with Gasteiger partial charge in [0.25, 0.3) is 0 Å². The molecule has 1 aliphatic rings. The molecule has 0 radical (unpaired) electrons. The number of nitrogens with zero attached hydrogens (tertiary/aromatic N) is 1. The molecule has 2 atom stereocenters. The number of ether oxygens (including phenoxy) is 2. The van der Waals surface area contributed by atoms with Crippen LogP contribution < -0.4 is 5.32 Å². The van der Waals surface area contributed by atoms with Crippen LogP contribution in [0.15, 0.2) is 30.3 Å². The molecule has 1 aromatic carbocycles. The lowest BCUT2D eigenvalue weighted by Gasteiger charge is -2.37. The van der Waals surface area contributed by atoms with Crippen LogP contribution in [-0.4, -0.2) is 48.3 Å². The van der Waals surface area contributed by atoms with Crippen LogP contribution in [0.1, 0.15) is 39.7 Å². The van der Waals surface area contributed by atoms with E-state index in [0.29, 0.717) is 19.6 Å². The third-order valence-electron chi connectivity index (χ3n) is 4.24. The second kappa shape index (κ2) is 9.03. The Labute approximate surface area is 155 Å². The Morgan fingerprint density at radius 1 is 1.23 bits per heavy atom. The first-order valence-corrected chi connectivity index (χ1v) is 9.21. The molecule has 26 heavy (non-hydrogen) atoms. The number of piperidine rings is 1. The van der Waals surface area contributed by atoms with Gasteiger partial charge in [0.1, 0.15) is 5.60 Å². The molecule has 144 valence electrons. The number of carbonyl (C=O) groups is 2. The molecular weight excluding hydrogens is 332 g/mol. The van der Waals surface area contributed by atoms with Crippen molar-refractivity contribution in [3.63, 3.8) is 0 Å². The monoisotopic (exact) mass is 362 g/mol. The molecule has 1 heterocycles. The molecule has 0 bridgehead atoms. The van der Waals surface area contributed by atoms with Crippen molar-refractivity contribution < 1.29 is 19.1 Å². The van der Waals surface area contributed by atoms with Crippen molar-refractivity contribution in [2.75, 3.05) is 19.7 Å². The van der Waals surface area contributed by atoms with Crippen molar-refractivity contribution in [3.8, 4) is 0 Å². The molecule has 6 heteroatoms. The van der Waals surface area contributed by atoms with Crippen molar-refractivity contribution in [2.45, 2.75) is 52.3 Å². The summed E-state index contributed by atoms with van der Waals surface area (Å²) in [5.74, 6) is -0.609. The zero-order valence-corrected chi connectivity index (χ0v) is 16.2. The molecule has 1 aromatic rings. The first-order valence-electron chi connectivity index (χ1n) is 9.21. The number of alkyl carbamates (subject to hydrolysis) is 1. The third-order valence-corrected chi connectivity index (χ3v) is 4.24. The minimum Gasteiger partial charge on any atom is -0.466 e. The zero-order valence-electron chi connectivity index (χ0n) is 16.2. The number of hydrogen-bond acceptors (Lipinski definition) is 5. The van der Waals surface area contributed by atoms with Gasteiger partial charge in [-0.3, -0.25) is 9.69 Å². The van der Waals surface area contributed by atoms with Gasteiger partial charge in [-0.05, 0) is 46.2 Å². The SMILES string of the molecule is CCOC(=O)[C@H]1CCN(Cc2ccccc2)C[C@H]1NC(=O)OC(C)(C)C. The molecule has 1 saturated heterocycles. The highest BCUT2D eigenvalue weighted by Crippen LogP contribution is 2.22. The summed E-state index contributed by atoms with van der Waals surface area (Å²) in [5.41, 5.74) is 0.625. The Morgan fingerprint density at radius 2 is 1.92 bits per heavy atom. The van der Waals surface area contributed by atoms with E-state index in [9.17, 15) is 9.59 Å². The quantitative estimate of drug-likeness (QED) is 0.816. The normalized spacial score (nSPS) is 21.1. The van der Waals surface area contributed by atoms with Crippen molar-refractivity contribution >= 4 is 12.1 Å². The van der Waals surface area contributed by atoms with Crippen molar-refractivity contribution in [1.29, 1.82) is 0 Å². The Hall–Kier alpha value is -2.08. The van der Waals surface area contributed by atoms with E-state index >= 15 is 0 Å². The molecule has 1 fully saturated rings. The molecule has 0 aliphatic carbocycles. The van der Waals surface area contributed by atoms with Crippen LogP contribution in [-0.2, 0) is 20.8 Å². The maximum absolute atomic E-state index is 12.3. The summed E-state index contributed by atoms with van der Waals surface area (Å²) >= 11 is 0. The number of likely N-dealkylation sites (tertiary alicyclic amines) is 1. The molecule has 6 nitrogen and oxygen atoms in total. The Balaban J connectivity index is 2.04. The highest BCUT2D eigenvalue weighted by molar-refractivity contribution is 5.75. The summed E-state index contributed by atoms with van der Waals surface area (Å²) < 4.78 is 10.6. The summed E-state index contributed by atoms with van der Waals surface area (Å²) in [6.45, 7) is 9.72. The number of amides is 1. The van der Waals surface area contributed by atoms with Crippen molar-refractivity contribution in [1.82, 2.24) is 10.2 Å². The average Bonchev–Trinajstić information content (AvgIpc) is 2.54. The van der Waals surface area contributed by atoms with Crippen molar-refractivity contribution in [2.24, 2.45) is 5.92 Å². The van der Waals surface area contributed by atoms with Crippen LogP contribution in [0.5, 0.6) is 0 Å². The van der Waals surface area contributed by atoms with Crippen LogP contribution in [0.4, 0.5) is 4.79 Å². The topological polar surface area (TPSA) is 67.9 Å². The summed E-state index contributed by atoms with van der Waals surface area (Å²) in [4.78, 5) is 26.8. The smallest absolute Gasteiger partial charge is 0.407 e. The third kappa shape index (κ3) is 6.33. The van der Waals surface area contributed by atoms with Gasteiger partial charge < -0.3 is 14.8 Å². The largest absolute Gasteiger partial charge is 0.466 e. The summed E-state index contributed by atoms with van der Waals surface area (Å²) in [6, 6.07) is 9.83. The van der Waals surface area contributed by atoms with Gasteiger partial charge in [0.15, 0.2) is 0 Å². The first kappa shape index (κ1) is 20.2. The minimum atomic E-state index is -0.581. The summed E-state index contributed by atoms with van der Waals surface area (Å²) in [7, 11) is 0. The van der Waals surface area contributed by atoms with Gasteiger partial charge in [0.05, 0.1) is 18.6 Å². The fourth-order valence-corrected chi connectivity index (χ4v) is 3.14. The molecule has 0 aromatic heterocycles. The van der Waals surface area contributed by atoms with Gasteiger partial charge in [0, 0.05) is 13.1 Å². The van der Waals surface area contributed by atoms with Gasteiger partial charge in [-0.2, -0.15) is 0 Å². The molecule has 0 saturated carbocycles. The lowest BCUT2D eigenvalue weighted by Crippen LogP contribution is -2.55. The van der Waals surface area contributed by atoms with E-state index in [4.69, 9.17) is 9.47 Å². The average molecular weight is 362 g/mol. The van der Waals surface area contributed by atoms with Crippen LogP contribution in [0.3, 0.4) is 0 Å². The number of rotatable bonds is 5. The lowest BCUT2D eigenvalue weighted by molar-refractivity contribution is -0.150. The zero-order chi connectivity index (χ0) is 19.2. The van der Waals surface area contributed by atoms with Gasteiger partial charge in [0.2, 0.25) is 0 Å². The van der Waals surface area contributed by atoms with E-state index in [0.717, 1.165) is 13.1 Å². The standard InChI is InChI=1S/C20H30N2O4/c1-5-25-18(23)16-11-12-22(13-15-9-7-6-8-10-15)14-17(16)21-19(24)26-20(2,3)4/h6-10,16-17H,5,11-14H2,1-4H3,(H,21,24)/t16-,17+/m0/s1. The van der Waals surface area contributed by atoms with E-state index < -0.39 is 11.7 Å². The van der Waals surface area contributed by atoms with E-state index in [1.54, 1.807) is 6.92 Å². The van der Waals surface area contributed by atoms with Gasteiger partial charge in [-0.15, -0.1) is 0 Å². The maximum atomic E-state index is 12.3. The molecule has 1 aliphatic heterocycles. The number of benzene rings is 1. The van der Waals surface area contributed by atoms with Crippen LogP contribution in [0.2, 0.25) is 0 Å². The lowest BCUT2D eigenvalue weighted by atomic mass is 9.91. The number of nitrogens with one attached hydrogen (secondary N) is 1. The molecule has 0 spiro atoms. The van der Waals surface area contributed by atoms with Crippen molar-refractivity contribution in [3.05, 3.63) is 35.9 Å².